The van der Waals surface area contributed by atoms with Gasteiger partial charge in [0.2, 0.25) is 0 Å². The quantitative estimate of drug-likeness (QED) is 0.571. The number of carbonyl (C=O) groups excluding carboxylic acids is 2. The summed E-state index contributed by atoms with van der Waals surface area (Å²) in [5, 5.41) is 7.69. The van der Waals surface area contributed by atoms with E-state index in [2.05, 4.69) is 11.4 Å². The van der Waals surface area contributed by atoms with E-state index in [-0.39, 0.29) is 17.8 Å². The van der Waals surface area contributed by atoms with E-state index in [9.17, 15) is 9.59 Å². The molecule has 1 N–H and O–H groups in total. The number of esters is 1. The van der Waals surface area contributed by atoms with Gasteiger partial charge in [0.15, 0.2) is 0 Å². The van der Waals surface area contributed by atoms with E-state index in [4.69, 9.17) is 14.6 Å². The number of fused-ring (bicyclic) bond motifs is 1. The number of rotatable bonds is 6. The van der Waals surface area contributed by atoms with E-state index in [0.717, 1.165) is 36.2 Å². The molecule has 7 nitrogen and oxygen atoms in total. The number of allylic oxidation sites excluding steroid dienone is 3. The number of aromatic nitrogens is 2. The molecular formula is C23H33N3O4. The number of hydrogen-bond donors (Lipinski definition) is 1. The van der Waals surface area contributed by atoms with Gasteiger partial charge >= 0.3 is 5.97 Å². The van der Waals surface area contributed by atoms with Crippen LogP contribution in [-0.4, -0.2) is 48.0 Å². The molecule has 3 rings (SSSR count). The molecule has 1 atom stereocenters. The average Bonchev–Trinajstić information content (AvgIpc) is 3.24. The zero-order chi connectivity index (χ0) is 21.5. The van der Waals surface area contributed by atoms with Crippen molar-refractivity contribution in [2.45, 2.75) is 59.4 Å². The standard InChI is InChI=1S/C23H33N3O4/c1-4-19-21-20(8-5-11-29-12-6-9-24-22(21)27)26(25-19)10-7-13-30-23(28)18-15-16(2)14-17(18)3/h14-15,17H,4-13H2,1-3H3,(H,24,27). The van der Waals surface area contributed by atoms with Crippen LogP contribution in [0.25, 0.3) is 0 Å². The third-order valence-corrected chi connectivity index (χ3v) is 5.52. The summed E-state index contributed by atoms with van der Waals surface area (Å²) < 4.78 is 13.0. The van der Waals surface area contributed by atoms with Crippen LogP contribution >= 0.6 is 0 Å². The Morgan fingerprint density at radius 2 is 2.17 bits per heavy atom. The van der Waals surface area contributed by atoms with Crippen molar-refractivity contribution in [3.63, 3.8) is 0 Å². The predicted molar refractivity (Wildman–Crippen MR) is 114 cm³/mol. The maximum atomic E-state index is 12.8. The van der Waals surface area contributed by atoms with E-state index in [1.54, 1.807) is 0 Å². The molecule has 30 heavy (non-hydrogen) atoms. The minimum Gasteiger partial charge on any atom is -0.462 e. The maximum absolute atomic E-state index is 12.8. The molecule has 2 heterocycles. The summed E-state index contributed by atoms with van der Waals surface area (Å²) in [6.45, 7) is 8.88. The highest BCUT2D eigenvalue weighted by Crippen LogP contribution is 2.24. The minimum atomic E-state index is -0.249. The van der Waals surface area contributed by atoms with E-state index in [0.29, 0.717) is 56.9 Å². The van der Waals surface area contributed by atoms with Crippen molar-refractivity contribution in [3.8, 4) is 0 Å². The number of nitrogens with zero attached hydrogens (tertiary/aromatic N) is 2. The lowest BCUT2D eigenvalue weighted by Gasteiger charge is -2.11. The van der Waals surface area contributed by atoms with E-state index in [1.165, 1.54) is 0 Å². The lowest BCUT2D eigenvalue weighted by Crippen LogP contribution is -2.26. The van der Waals surface area contributed by atoms with Gasteiger partial charge in [-0.3, -0.25) is 9.48 Å². The van der Waals surface area contributed by atoms with Gasteiger partial charge in [0.05, 0.1) is 23.6 Å². The summed E-state index contributed by atoms with van der Waals surface area (Å²) >= 11 is 0. The van der Waals surface area contributed by atoms with Gasteiger partial charge in [-0.15, -0.1) is 0 Å². The molecule has 0 bridgehead atoms. The molecule has 1 aliphatic carbocycles. The maximum Gasteiger partial charge on any atom is 0.334 e. The van der Waals surface area contributed by atoms with Crippen LogP contribution < -0.4 is 5.32 Å². The molecule has 0 aromatic carbocycles. The van der Waals surface area contributed by atoms with Gasteiger partial charge in [-0.05, 0) is 38.7 Å². The van der Waals surface area contributed by atoms with Crippen LogP contribution in [0.5, 0.6) is 0 Å². The molecular weight excluding hydrogens is 382 g/mol. The monoisotopic (exact) mass is 415 g/mol. The number of nitrogens with one attached hydrogen (secondary N) is 1. The van der Waals surface area contributed by atoms with Gasteiger partial charge in [0.25, 0.3) is 5.91 Å². The van der Waals surface area contributed by atoms with Crippen molar-refractivity contribution in [3.05, 3.63) is 40.2 Å². The van der Waals surface area contributed by atoms with Crippen molar-refractivity contribution in [1.29, 1.82) is 0 Å². The molecule has 1 amide bonds. The summed E-state index contributed by atoms with van der Waals surface area (Å²) in [4.78, 5) is 25.1. The van der Waals surface area contributed by atoms with Crippen LogP contribution in [0.3, 0.4) is 0 Å². The van der Waals surface area contributed by atoms with Gasteiger partial charge in [-0.1, -0.05) is 25.5 Å². The van der Waals surface area contributed by atoms with Crippen LogP contribution in [0, 0.1) is 5.92 Å². The summed E-state index contributed by atoms with van der Waals surface area (Å²) in [5.41, 5.74) is 4.30. The first-order valence-corrected chi connectivity index (χ1v) is 11.0. The van der Waals surface area contributed by atoms with Crippen molar-refractivity contribution in [2.24, 2.45) is 5.92 Å². The van der Waals surface area contributed by atoms with E-state index < -0.39 is 0 Å². The lowest BCUT2D eigenvalue weighted by atomic mass is 10.1. The summed E-state index contributed by atoms with van der Waals surface area (Å²) in [6.07, 6.45) is 7.71. The molecule has 0 spiro atoms. The molecule has 164 valence electrons. The summed E-state index contributed by atoms with van der Waals surface area (Å²) in [7, 11) is 0. The molecule has 1 aliphatic heterocycles. The fourth-order valence-corrected chi connectivity index (χ4v) is 4.02. The van der Waals surface area contributed by atoms with Crippen LogP contribution in [0.4, 0.5) is 0 Å². The highest BCUT2D eigenvalue weighted by atomic mass is 16.5. The van der Waals surface area contributed by atoms with E-state index >= 15 is 0 Å². The van der Waals surface area contributed by atoms with Crippen molar-refractivity contribution < 1.29 is 19.1 Å². The molecule has 0 saturated heterocycles. The van der Waals surface area contributed by atoms with Gasteiger partial charge in [0, 0.05) is 44.2 Å². The van der Waals surface area contributed by atoms with Crippen molar-refractivity contribution >= 4 is 11.9 Å². The Kier molecular flexibility index (Phi) is 7.85. The Balaban J connectivity index is 1.63. The highest BCUT2D eigenvalue weighted by molar-refractivity contribution is 5.96. The Bertz CT molecular complexity index is 838. The van der Waals surface area contributed by atoms with Gasteiger partial charge in [0.1, 0.15) is 0 Å². The van der Waals surface area contributed by atoms with E-state index in [1.807, 2.05) is 31.5 Å². The molecule has 0 fully saturated rings. The lowest BCUT2D eigenvalue weighted by molar-refractivity contribution is -0.139. The Morgan fingerprint density at radius 1 is 1.37 bits per heavy atom. The first-order valence-electron chi connectivity index (χ1n) is 11.0. The third kappa shape index (κ3) is 5.39. The fourth-order valence-electron chi connectivity index (χ4n) is 4.02. The number of amides is 1. The molecule has 2 aliphatic rings. The fraction of sp³-hybridized carbons (Fsp3) is 0.609. The number of ether oxygens (including phenoxy) is 2. The largest absolute Gasteiger partial charge is 0.462 e. The first-order chi connectivity index (χ1) is 14.5. The van der Waals surface area contributed by atoms with Gasteiger partial charge in [-0.2, -0.15) is 5.10 Å². The smallest absolute Gasteiger partial charge is 0.334 e. The Morgan fingerprint density at radius 3 is 2.90 bits per heavy atom. The van der Waals surface area contributed by atoms with Crippen LogP contribution in [0.15, 0.2) is 23.3 Å². The van der Waals surface area contributed by atoms with Crippen LogP contribution in [-0.2, 0) is 33.7 Å². The molecule has 0 radical (unpaired) electrons. The molecule has 1 aromatic heterocycles. The molecule has 1 aromatic rings. The Hall–Kier alpha value is -2.41. The van der Waals surface area contributed by atoms with Crippen molar-refractivity contribution in [1.82, 2.24) is 15.1 Å². The highest BCUT2D eigenvalue weighted by Gasteiger charge is 2.23. The number of hydrogen-bond acceptors (Lipinski definition) is 5. The van der Waals surface area contributed by atoms with Gasteiger partial charge in [-0.25, -0.2) is 4.79 Å². The summed E-state index contributed by atoms with van der Waals surface area (Å²) in [6, 6.07) is 0. The second-order valence-electron chi connectivity index (χ2n) is 7.96. The minimum absolute atomic E-state index is 0.0496. The molecule has 0 saturated carbocycles. The van der Waals surface area contributed by atoms with Gasteiger partial charge < -0.3 is 14.8 Å². The van der Waals surface area contributed by atoms with Crippen LogP contribution in [0.1, 0.15) is 61.8 Å². The molecule has 7 heteroatoms. The van der Waals surface area contributed by atoms with Crippen molar-refractivity contribution in [2.75, 3.05) is 26.4 Å². The predicted octanol–water partition coefficient (Wildman–Crippen LogP) is 2.98. The summed E-state index contributed by atoms with van der Waals surface area (Å²) in [5.74, 6) is -0.194. The number of carbonyl (C=O) groups is 2. The third-order valence-electron chi connectivity index (χ3n) is 5.52. The topological polar surface area (TPSA) is 82.5 Å². The average molecular weight is 416 g/mol. The number of aryl methyl sites for hydroxylation is 2. The zero-order valence-electron chi connectivity index (χ0n) is 18.3. The Labute approximate surface area is 178 Å². The molecule has 1 unspecified atom stereocenters. The zero-order valence-corrected chi connectivity index (χ0v) is 18.3. The normalized spacial score (nSPS) is 20.0. The SMILES string of the molecule is CCc1nn(CCCOC(=O)C2=CC(C)=CC2C)c2c1C(=O)NCCCOCCC2. The second kappa shape index (κ2) is 10.6. The van der Waals surface area contributed by atoms with Crippen LogP contribution in [0.2, 0.25) is 0 Å². The first kappa shape index (κ1) is 22.3. The second-order valence-corrected chi connectivity index (χ2v) is 7.96.